The third-order valence-electron chi connectivity index (χ3n) is 5.13. The number of nitrogens with zero attached hydrogens (tertiary/aromatic N) is 2. The normalized spacial score (nSPS) is 26.0. The van der Waals surface area contributed by atoms with E-state index in [1.807, 2.05) is 30.0 Å². The van der Waals surface area contributed by atoms with Crippen molar-refractivity contribution in [3.05, 3.63) is 18.2 Å². The molecule has 7 heteroatoms. The zero-order valence-electron chi connectivity index (χ0n) is 14.4. The number of fused-ring (bicyclic) bond motifs is 1. The molecule has 3 heterocycles. The number of carbonyl (C=O) groups excluding carboxylic acids is 2. The number of amides is 2. The SMILES string of the molecule is C[C@H]1CNCCN1C(=O)C1CCN(c2ccc3c(c2)OCCO3)C1=O. The maximum atomic E-state index is 12.9. The van der Waals surface area contributed by atoms with E-state index >= 15 is 0 Å². The molecule has 0 saturated carbocycles. The van der Waals surface area contributed by atoms with E-state index in [1.54, 1.807) is 4.90 Å². The molecule has 3 aliphatic heterocycles. The van der Waals surface area contributed by atoms with Gasteiger partial charge in [0.15, 0.2) is 11.5 Å². The van der Waals surface area contributed by atoms with Gasteiger partial charge in [0.1, 0.15) is 19.1 Å². The number of rotatable bonds is 2. The molecule has 25 heavy (non-hydrogen) atoms. The fraction of sp³-hybridized carbons (Fsp3) is 0.556. The molecule has 0 bridgehead atoms. The molecule has 7 nitrogen and oxygen atoms in total. The van der Waals surface area contributed by atoms with E-state index in [2.05, 4.69) is 5.32 Å². The number of piperazine rings is 1. The second kappa shape index (κ2) is 6.55. The van der Waals surface area contributed by atoms with Crippen LogP contribution in [0.5, 0.6) is 11.5 Å². The monoisotopic (exact) mass is 345 g/mol. The van der Waals surface area contributed by atoms with Gasteiger partial charge >= 0.3 is 0 Å². The molecule has 2 fully saturated rings. The van der Waals surface area contributed by atoms with E-state index in [9.17, 15) is 9.59 Å². The Morgan fingerprint density at radius 1 is 1.20 bits per heavy atom. The summed E-state index contributed by atoms with van der Waals surface area (Å²) in [6.07, 6.45) is 0.558. The maximum absolute atomic E-state index is 12.9. The zero-order chi connectivity index (χ0) is 17.4. The van der Waals surface area contributed by atoms with Crippen molar-refractivity contribution in [2.75, 3.05) is 44.3 Å². The molecule has 134 valence electrons. The standard InChI is InChI=1S/C18H23N3O4/c1-12-11-19-5-7-20(12)17(22)14-4-6-21(18(14)23)13-2-3-15-16(10-13)25-9-8-24-15/h2-3,10,12,14,19H,4-9,11H2,1H3/t12-,14?/m0/s1. The Bertz CT molecular complexity index is 693. The van der Waals surface area contributed by atoms with Gasteiger partial charge in [-0.15, -0.1) is 0 Å². The third kappa shape index (κ3) is 2.93. The minimum absolute atomic E-state index is 0.0426. The molecule has 3 aliphatic rings. The van der Waals surface area contributed by atoms with Crippen molar-refractivity contribution in [1.82, 2.24) is 10.2 Å². The molecule has 0 radical (unpaired) electrons. The first-order chi connectivity index (χ1) is 12.1. The molecule has 1 aromatic carbocycles. The molecule has 2 amide bonds. The van der Waals surface area contributed by atoms with Crippen LogP contribution in [-0.2, 0) is 9.59 Å². The summed E-state index contributed by atoms with van der Waals surface area (Å²) >= 11 is 0. The smallest absolute Gasteiger partial charge is 0.239 e. The predicted octanol–water partition coefficient (Wildman–Crippen LogP) is 0.631. The van der Waals surface area contributed by atoms with Crippen molar-refractivity contribution in [3.63, 3.8) is 0 Å². The Kier molecular flexibility index (Phi) is 4.25. The Balaban J connectivity index is 1.50. The number of carbonyl (C=O) groups is 2. The van der Waals surface area contributed by atoms with Gasteiger partial charge in [-0.05, 0) is 25.5 Å². The third-order valence-corrected chi connectivity index (χ3v) is 5.13. The van der Waals surface area contributed by atoms with Gasteiger partial charge in [0.2, 0.25) is 11.8 Å². The van der Waals surface area contributed by atoms with Crippen molar-refractivity contribution in [3.8, 4) is 11.5 Å². The van der Waals surface area contributed by atoms with Crippen molar-refractivity contribution in [2.24, 2.45) is 5.92 Å². The summed E-state index contributed by atoms with van der Waals surface area (Å²) in [6, 6.07) is 5.63. The van der Waals surface area contributed by atoms with E-state index in [0.29, 0.717) is 44.2 Å². The second-order valence-electron chi connectivity index (χ2n) is 6.74. The quantitative estimate of drug-likeness (QED) is 0.796. The molecular weight excluding hydrogens is 322 g/mol. The summed E-state index contributed by atoms with van der Waals surface area (Å²) < 4.78 is 11.1. The summed E-state index contributed by atoms with van der Waals surface area (Å²) in [4.78, 5) is 29.2. The van der Waals surface area contributed by atoms with E-state index < -0.39 is 5.92 Å². The molecule has 1 N–H and O–H groups in total. The minimum Gasteiger partial charge on any atom is -0.486 e. The first kappa shape index (κ1) is 16.2. The highest BCUT2D eigenvalue weighted by Crippen LogP contribution is 2.36. The summed E-state index contributed by atoms with van der Waals surface area (Å²) in [5, 5.41) is 3.27. The minimum atomic E-state index is -0.575. The first-order valence-electron chi connectivity index (χ1n) is 8.87. The predicted molar refractivity (Wildman–Crippen MR) is 91.9 cm³/mol. The fourth-order valence-electron chi connectivity index (χ4n) is 3.73. The van der Waals surface area contributed by atoms with Gasteiger partial charge in [0.05, 0.1) is 0 Å². The largest absolute Gasteiger partial charge is 0.486 e. The zero-order valence-corrected chi connectivity index (χ0v) is 14.4. The maximum Gasteiger partial charge on any atom is 0.239 e. The van der Waals surface area contributed by atoms with Crippen LogP contribution in [0.2, 0.25) is 0 Å². The average Bonchev–Trinajstić information content (AvgIpc) is 3.02. The van der Waals surface area contributed by atoms with Crippen LogP contribution in [0.15, 0.2) is 18.2 Å². The van der Waals surface area contributed by atoms with Gasteiger partial charge in [-0.3, -0.25) is 9.59 Å². The lowest BCUT2D eigenvalue weighted by Crippen LogP contribution is -2.54. The highest BCUT2D eigenvalue weighted by atomic mass is 16.6. The highest BCUT2D eigenvalue weighted by molar-refractivity contribution is 6.09. The molecule has 0 aliphatic carbocycles. The fourth-order valence-corrected chi connectivity index (χ4v) is 3.73. The number of ether oxygens (including phenoxy) is 2. The topological polar surface area (TPSA) is 71.1 Å². The Morgan fingerprint density at radius 3 is 2.80 bits per heavy atom. The van der Waals surface area contributed by atoms with Gasteiger partial charge in [-0.1, -0.05) is 0 Å². The average molecular weight is 345 g/mol. The summed E-state index contributed by atoms with van der Waals surface area (Å²) in [5.74, 6) is 0.617. The number of hydrogen-bond acceptors (Lipinski definition) is 5. The van der Waals surface area contributed by atoms with Crippen LogP contribution < -0.4 is 19.7 Å². The second-order valence-corrected chi connectivity index (χ2v) is 6.74. The van der Waals surface area contributed by atoms with Crippen LogP contribution in [0.25, 0.3) is 0 Å². The molecule has 0 aromatic heterocycles. The molecular formula is C18H23N3O4. The Labute approximate surface area is 146 Å². The van der Waals surface area contributed by atoms with Crippen LogP contribution >= 0.6 is 0 Å². The molecule has 1 unspecified atom stereocenters. The van der Waals surface area contributed by atoms with Crippen molar-refractivity contribution < 1.29 is 19.1 Å². The number of hydrogen-bond donors (Lipinski definition) is 1. The number of anilines is 1. The van der Waals surface area contributed by atoms with Crippen molar-refractivity contribution in [1.29, 1.82) is 0 Å². The van der Waals surface area contributed by atoms with Gasteiger partial charge in [-0.2, -0.15) is 0 Å². The van der Waals surface area contributed by atoms with E-state index in [0.717, 1.165) is 18.8 Å². The van der Waals surface area contributed by atoms with Gasteiger partial charge in [0, 0.05) is 44.0 Å². The summed E-state index contributed by atoms with van der Waals surface area (Å²) in [5.41, 5.74) is 0.762. The molecule has 4 rings (SSSR count). The molecule has 1 aromatic rings. The molecule has 2 atom stereocenters. The lowest BCUT2D eigenvalue weighted by molar-refractivity contribution is -0.142. The van der Waals surface area contributed by atoms with E-state index in [1.165, 1.54) is 0 Å². The number of benzene rings is 1. The van der Waals surface area contributed by atoms with Crippen LogP contribution in [0, 0.1) is 5.92 Å². The first-order valence-corrected chi connectivity index (χ1v) is 8.87. The van der Waals surface area contributed by atoms with E-state index in [-0.39, 0.29) is 17.9 Å². The van der Waals surface area contributed by atoms with Crippen LogP contribution in [0.1, 0.15) is 13.3 Å². The van der Waals surface area contributed by atoms with Crippen LogP contribution in [-0.4, -0.2) is 62.1 Å². The lowest BCUT2D eigenvalue weighted by Gasteiger charge is -2.35. The van der Waals surface area contributed by atoms with E-state index in [4.69, 9.17) is 9.47 Å². The lowest BCUT2D eigenvalue weighted by atomic mass is 10.0. The highest BCUT2D eigenvalue weighted by Gasteiger charge is 2.41. The van der Waals surface area contributed by atoms with Gasteiger partial charge in [-0.25, -0.2) is 0 Å². The number of nitrogens with one attached hydrogen (secondary N) is 1. The van der Waals surface area contributed by atoms with Crippen LogP contribution in [0.3, 0.4) is 0 Å². The Hall–Kier alpha value is -2.28. The molecule has 0 spiro atoms. The summed E-state index contributed by atoms with van der Waals surface area (Å²) in [6.45, 7) is 5.83. The van der Waals surface area contributed by atoms with Gasteiger partial charge in [0.25, 0.3) is 0 Å². The van der Waals surface area contributed by atoms with Crippen LogP contribution in [0.4, 0.5) is 5.69 Å². The molecule has 2 saturated heterocycles. The van der Waals surface area contributed by atoms with Crippen molar-refractivity contribution in [2.45, 2.75) is 19.4 Å². The van der Waals surface area contributed by atoms with Gasteiger partial charge < -0.3 is 24.6 Å². The van der Waals surface area contributed by atoms with Crippen molar-refractivity contribution >= 4 is 17.5 Å². The summed E-state index contributed by atoms with van der Waals surface area (Å²) in [7, 11) is 0. The Morgan fingerprint density at radius 2 is 2.00 bits per heavy atom.